The highest BCUT2D eigenvalue weighted by atomic mass is 35.5. The van der Waals surface area contributed by atoms with Crippen molar-refractivity contribution >= 4 is 56.3 Å². The van der Waals surface area contributed by atoms with Crippen LogP contribution in [0.2, 0.25) is 5.02 Å². The van der Waals surface area contributed by atoms with Gasteiger partial charge in [0.05, 0.1) is 22.5 Å². The van der Waals surface area contributed by atoms with E-state index in [-0.39, 0.29) is 5.76 Å². The minimum atomic E-state index is -0.649. The van der Waals surface area contributed by atoms with E-state index in [1.165, 1.54) is 29.7 Å². The van der Waals surface area contributed by atoms with Crippen LogP contribution in [0.25, 0.3) is 10.2 Å². The van der Waals surface area contributed by atoms with Crippen molar-refractivity contribution in [2.45, 2.75) is 6.92 Å². The highest BCUT2D eigenvalue weighted by molar-refractivity contribution is 7.22. The van der Waals surface area contributed by atoms with Crippen LogP contribution < -0.4 is 5.01 Å². The van der Waals surface area contributed by atoms with Gasteiger partial charge >= 0.3 is 5.88 Å². The van der Waals surface area contributed by atoms with Crippen LogP contribution in [-0.4, -0.2) is 22.0 Å². The van der Waals surface area contributed by atoms with Gasteiger partial charge in [-0.1, -0.05) is 29.0 Å². The maximum atomic E-state index is 13.1. The number of nitro groups is 1. The van der Waals surface area contributed by atoms with Crippen LogP contribution in [0.4, 0.5) is 11.0 Å². The zero-order chi connectivity index (χ0) is 21.3. The summed E-state index contributed by atoms with van der Waals surface area (Å²) in [5, 5.41) is 17.0. The fourth-order valence-electron chi connectivity index (χ4n) is 2.64. The molecule has 0 aliphatic heterocycles. The summed E-state index contributed by atoms with van der Waals surface area (Å²) in [5.41, 5.74) is 2.16. The molecule has 150 valence electrons. The number of fused-ring (bicyclic) bond motifs is 1. The van der Waals surface area contributed by atoms with E-state index >= 15 is 0 Å². The average molecular weight is 441 g/mol. The molecule has 10 heteroatoms. The molecule has 0 spiro atoms. The van der Waals surface area contributed by atoms with E-state index in [9.17, 15) is 14.9 Å². The van der Waals surface area contributed by atoms with Gasteiger partial charge in [0, 0.05) is 10.6 Å². The molecule has 2 aromatic carbocycles. The maximum Gasteiger partial charge on any atom is 0.433 e. The predicted molar refractivity (Wildman–Crippen MR) is 116 cm³/mol. The van der Waals surface area contributed by atoms with Gasteiger partial charge in [-0.3, -0.25) is 14.9 Å². The van der Waals surface area contributed by atoms with Gasteiger partial charge in [-0.25, -0.2) is 4.98 Å². The first-order valence-corrected chi connectivity index (χ1v) is 9.85. The Labute approximate surface area is 179 Å². The van der Waals surface area contributed by atoms with Crippen LogP contribution in [0.15, 0.2) is 64.1 Å². The molecule has 0 saturated carbocycles. The second-order valence-electron chi connectivity index (χ2n) is 6.27. The Morgan fingerprint density at radius 2 is 2.00 bits per heavy atom. The number of aromatic nitrogens is 1. The van der Waals surface area contributed by atoms with Gasteiger partial charge in [0.2, 0.25) is 5.13 Å². The normalized spacial score (nSPS) is 11.3. The highest BCUT2D eigenvalue weighted by Gasteiger charge is 2.21. The van der Waals surface area contributed by atoms with Crippen molar-refractivity contribution < 1.29 is 14.1 Å². The van der Waals surface area contributed by atoms with Crippen LogP contribution in [-0.2, 0) is 0 Å². The lowest BCUT2D eigenvalue weighted by atomic mass is 10.2. The van der Waals surface area contributed by atoms with Gasteiger partial charge in [-0.05, 0) is 55.0 Å². The number of carbonyl (C=O) groups excluding carboxylic acids is 1. The number of halogens is 1. The molecular weight excluding hydrogens is 428 g/mol. The summed E-state index contributed by atoms with van der Waals surface area (Å²) < 4.78 is 5.99. The summed E-state index contributed by atoms with van der Waals surface area (Å²) in [5.74, 6) is -0.713. The summed E-state index contributed by atoms with van der Waals surface area (Å²) in [6.45, 7) is 1.97. The number of hydrogen-bond acceptors (Lipinski definition) is 7. The topological polar surface area (TPSA) is 102 Å². The van der Waals surface area contributed by atoms with Gasteiger partial charge in [0.1, 0.15) is 4.92 Å². The van der Waals surface area contributed by atoms with Crippen LogP contribution in [0.3, 0.4) is 0 Å². The van der Waals surface area contributed by atoms with Gasteiger partial charge in [-0.15, -0.1) is 0 Å². The number of nitrogens with zero attached hydrogens (tertiary/aromatic N) is 4. The molecule has 30 heavy (non-hydrogen) atoms. The van der Waals surface area contributed by atoms with Crippen molar-refractivity contribution in [1.29, 1.82) is 0 Å². The molecular formula is C20H13ClN4O4S. The Morgan fingerprint density at radius 1 is 1.23 bits per heavy atom. The van der Waals surface area contributed by atoms with E-state index in [1.807, 2.05) is 25.1 Å². The van der Waals surface area contributed by atoms with Crippen molar-refractivity contribution in [3.05, 3.63) is 86.6 Å². The Morgan fingerprint density at radius 3 is 2.70 bits per heavy atom. The number of thiazole rings is 1. The molecule has 0 N–H and O–H groups in total. The van der Waals surface area contributed by atoms with Crippen molar-refractivity contribution in [3.63, 3.8) is 0 Å². The van der Waals surface area contributed by atoms with Gasteiger partial charge in [-0.2, -0.15) is 10.1 Å². The summed E-state index contributed by atoms with van der Waals surface area (Å²) in [4.78, 5) is 27.8. The summed E-state index contributed by atoms with van der Waals surface area (Å²) >= 11 is 7.22. The first-order valence-electron chi connectivity index (χ1n) is 8.66. The summed E-state index contributed by atoms with van der Waals surface area (Å²) in [7, 11) is 0. The minimum absolute atomic E-state index is 0.132. The zero-order valence-corrected chi connectivity index (χ0v) is 17.1. The van der Waals surface area contributed by atoms with Crippen molar-refractivity contribution in [2.24, 2.45) is 5.10 Å². The predicted octanol–water partition coefficient (Wildman–Crippen LogP) is 5.44. The number of hydrogen-bond donors (Lipinski definition) is 0. The zero-order valence-electron chi connectivity index (χ0n) is 15.5. The van der Waals surface area contributed by atoms with E-state index in [1.54, 1.807) is 24.3 Å². The van der Waals surface area contributed by atoms with E-state index in [4.69, 9.17) is 16.0 Å². The van der Waals surface area contributed by atoms with Crippen LogP contribution in [0.1, 0.15) is 21.7 Å². The molecule has 2 heterocycles. The molecule has 0 saturated heterocycles. The number of aryl methyl sites for hydroxylation is 1. The van der Waals surface area contributed by atoms with Crippen LogP contribution in [0, 0.1) is 17.0 Å². The molecule has 4 rings (SSSR count). The largest absolute Gasteiger partial charge is 0.433 e. The fourth-order valence-corrected chi connectivity index (χ4v) is 3.78. The molecule has 0 unspecified atom stereocenters. The Balaban J connectivity index is 1.74. The van der Waals surface area contributed by atoms with E-state index in [2.05, 4.69) is 10.1 Å². The third kappa shape index (κ3) is 4.07. The van der Waals surface area contributed by atoms with Crippen molar-refractivity contribution in [3.8, 4) is 0 Å². The van der Waals surface area contributed by atoms with Crippen molar-refractivity contribution in [1.82, 2.24) is 4.98 Å². The van der Waals surface area contributed by atoms with E-state index < -0.39 is 16.7 Å². The summed E-state index contributed by atoms with van der Waals surface area (Å²) in [6, 6.07) is 14.8. The third-order valence-electron chi connectivity index (χ3n) is 4.09. The van der Waals surface area contributed by atoms with Crippen LogP contribution in [0.5, 0.6) is 0 Å². The number of carbonyl (C=O) groups is 1. The standard InChI is InChI=1S/C20H13ClN4O4S/c1-12-2-8-16-17(10-12)30-20(23-16)24(19(26)13-3-5-14(21)6-4-13)22-11-15-7-9-18(29-15)25(27)28/h2-11H,1H3/b22-11+. The average Bonchev–Trinajstić information content (AvgIpc) is 3.35. The SMILES string of the molecule is Cc1ccc2nc(N(/N=C/c3ccc([N+](=O)[O-])o3)C(=O)c3ccc(Cl)cc3)sc2c1. The minimum Gasteiger partial charge on any atom is -0.400 e. The Bertz CT molecular complexity index is 1280. The fraction of sp³-hybridized carbons (Fsp3) is 0.0500. The van der Waals surface area contributed by atoms with Crippen molar-refractivity contribution in [2.75, 3.05) is 5.01 Å². The molecule has 1 amide bonds. The molecule has 0 bridgehead atoms. The lowest BCUT2D eigenvalue weighted by molar-refractivity contribution is -0.402. The van der Waals surface area contributed by atoms with E-state index in [0.717, 1.165) is 20.8 Å². The van der Waals surface area contributed by atoms with Gasteiger partial charge in [0.15, 0.2) is 5.76 Å². The summed E-state index contributed by atoms with van der Waals surface area (Å²) in [6.07, 6.45) is 1.23. The smallest absolute Gasteiger partial charge is 0.400 e. The number of amides is 1. The number of benzene rings is 2. The molecule has 0 atom stereocenters. The van der Waals surface area contributed by atoms with Gasteiger partial charge in [0.25, 0.3) is 5.91 Å². The van der Waals surface area contributed by atoms with Gasteiger partial charge < -0.3 is 4.42 Å². The molecule has 2 aromatic heterocycles. The lowest BCUT2D eigenvalue weighted by Crippen LogP contribution is -2.25. The first kappa shape index (κ1) is 19.7. The van der Waals surface area contributed by atoms with Crippen LogP contribution >= 0.6 is 22.9 Å². The second-order valence-corrected chi connectivity index (χ2v) is 7.71. The molecule has 0 aliphatic carbocycles. The number of anilines is 1. The highest BCUT2D eigenvalue weighted by Crippen LogP contribution is 2.31. The molecule has 0 fully saturated rings. The maximum absolute atomic E-state index is 13.1. The lowest BCUT2D eigenvalue weighted by Gasteiger charge is -2.13. The Kier molecular flexibility index (Phi) is 5.30. The van der Waals surface area contributed by atoms with E-state index in [0.29, 0.717) is 15.7 Å². The second kappa shape index (κ2) is 8.05. The molecule has 4 aromatic rings. The monoisotopic (exact) mass is 440 g/mol. The molecule has 0 radical (unpaired) electrons. The molecule has 0 aliphatic rings. The quantitative estimate of drug-likeness (QED) is 0.233. The third-order valence-corrected chi connectivity index (χ3v) is 5.34. The first-order chi connectivity index (χ1) is 14.4. The number of rotatable bonds is 5. The molecule has 8 nitrogen and oxygen atoms in total. The number of hydrazone groups is 1. The number of furan rings is 1. The Hall–Kier alpha value is -3.56.